The van der Waals surface area contributed by atoms with Crippen LogP contribution >= 0.6 is 0 Å². The van der Waals surface area contributed by atoms with Crippen LogP contribution in [0.3, 0.4) is 0 Å². The van der Waals surface area contributed by atoms with E-state index < -0.39 is 0 Å². The highest BCUT2D eigenvalue weighted by Gasteiger charge is 2.11. The number of carbonyl (C=O) groups excluding carboxylic acids is 1. The van der Waals surface area contributed by atoms with Gasteiger partial charge in [0, 0.05) is 0 Å². The second kappa shape index (κ2) is 6.75. The van der Waals surface area contributed by atoms with Crippen LogP contribution in [-0.2, 0) is 11.3 Å². The van der Waals surface area contributed by atoms with Gasteiger partial charge < -0.3 is 9.47 Å². The van der Waals surface area contributed by atoms with Crippen LogP contribution in [-0.4, -0.2) is 12.6 Å². The number of benzene rings is 2. The number of esters is 1. The van der Waals surface area contributed by atoms with E-state index in [4.69, 9.17) is 9.47 Å². The van der Waals surface area contributed by atoms with Gasteiger partial charge in [-0.25, -0.2) is 4.79 Å². The molecule has 2 aromatic carbocycles. The Morgan fingerprint density at radius 1 is 1.10 bits per heavy atom. The van der Waals surface area contributed by atoms with Gasteiger partial charge in [0.25, 0.3) is 0 Å². The van der Waals surface area contributed by atoms with Crippen LogP contribution in [0.25, 0.3) is 0 Å². The molecule has 0 aliphatic heterocycles. The fourth-order valence-electron chi connectivity index (χ4n) is 1.92. The molecule has 0 spiro atoms. The summed E-state index contributed by atoms with van der Waals surface area (Å²) in [7, 11) is 0. The summed E-state index contributed by atoms with van der Waals surface area (Å²) in [4.78, 5) is 12.0. The Hall–Kier alpha value is -2.29. The van der Waals surface area contributed by atoms with E-state index in [-0.39, 0.29) is 12.6 Å². The van der Waals surface area contributed by atoms with Crippen molar-refractivity contribution in [1.82, 2.24) is 0 Å². The fourth-order valence-corrected chi connectivity index (χ4v) is 1.92. The topological polar surface area (TPSA) is 35.5 Å². The van der Waals surface area contributed by atoms with Crippen molar-refractivity contribution in [3.8, 4) is 5.75 Å². The van der Waals surface area contributed by atoms with E-state index in [1.807, 2.05) is 50.2 Å². The molecular formula is C17H18O3. The second-order valence-electron chi connectivity index (χ2n) is 4.47. The number of carbonyl (C=O) groups is 1. The molecule has 0 unspecified atom stereocenters. The normalized spacial score (nSPS) is 10.1. The molecule has 0 amide bonds. The molecule has 0 heterocycles. The molecule has 0 aromatic heterocycles. The lowest BCUT2D eigenvalue weighted by Crippen LogP contribution is -2.07. The number of aryl methyl sites for hydroxylation is 1. The van der Waals surface area contributed by atoms with E-state index in [1.165, 1.54) is 0 Å². The molecule has 0 radical (unpaired) electrons. The van der Waals surface area contributed by atoms with Crippen molar-refractivity contribution in [3.63, 3.8) is 0 Å². The maximum absolute atomic E-state index is 12.0. The molecule has 104 valence electrons. The maximum Gasteiger partial charge on any atom is 0.338 e. The molecule has 0 aliphatic carbocycles. The van der Waals surface area contributed by atoms with Gasteiger partial charge in [0.05, 0.1) is 12.2 Å². The van der Waals surface area contributed by atoms with Gasteiger partial charge >= 0.3 is 5.97 Å². The van der Waals surface area contributed by atoms with E-state index in [9.17, 15) is 4.79 Å². The molecular weight excluding hydrogens is 252 g/mol. The zero-order chi connectivity index (χ0) is 14.4. The Bertz CT molecular complexity index is 576. The smallest absolute Gasteiger partial charge is 0.338 e. The van der Waals surface area contributed by atoms with E-state index in [2.05, 4.69) is 0 Å². The van der Waals surface area contributed by atoms with Gasteiger partial charge in [0.2, 0.25) is 0 Å². The third kappa shape index (κ3) is 3.60. The van der Waals surface area contributed by atoms with Crippen LogP contribution in [0.1, 0.15) is 28.4 Å². The zero-order valence-electron chi connectivity index (χ0n) is 11.8. The molecule has 0 bridgehead atoms. The lowest BCUT2D eigenvalue weighted by molar-refractivity contribution is 0.0472. The third-order valence-electron chi connectivity index (χ3n) is 2.94. The van der Waals surface area contributed by atoms with Crippen LogP contribution in [0.15, 0.2) is 48.5 Å². The molecule has 0 atom stereocenters. The van der Waals surface area contributed by atoms with Crippen LogP contribution in [0.4, 0.5) is 0 Å². The Morgan fingerprint density at radius 2 is 1.85 bits per heavy atom. The first-order valence-corrected chi connectivity index (χ1v) is 6.65. The number of rotatable bonds is 5. The molecule has 2 aromatic rings. The molecule has 0 saturated heterocycles. The Kier molecular flexibility index (Phi) is 4.77. The van der Waals surface area contributed by atoms with E-state index >= 15 is 0 Å². The van der Waals surface area contributed by atoms with Crippen LogP contribution < -0.4 is 4.74 Å². The summed E-state index contributed by atoms with van der Waals surface area (Å²) in [5.41, 5.74) is 2.41. The van der Waals surface area contributed by atoms with E-state index in [0.717, 1.165) is 16.9 Å². The minimum atomic E-state index is -0.311. The van der Waals surface area contributed by atoms with Gasteiger partial charge in [-0.05, 0) is 43.2 Å². The van der Waals surface area contributed by atoms with Gasteiger partial charge in [-0.15, -0.1) is 0 Å². The SMILES string of the molecule is CCOc1ccc(C(=O)OCc2ccccc2)c(C)c1. The Balaban J connectivity index is 2.02. The average molecular weight is 270 g/mol. The largest absolute Gasteiger partial charge is 0.494 e. The molecule has 0 aliphatic rings. The van der Waals surface area contributed by atoms with Crippen LogP contribution in [0.2, 0.25) is 0 Å². The Morgan fingerprint density at radius 3 is 2.50 bits per heavy atom. The first-order valence-electron chi connectivity index (χ1n) is 6.65. The van der Waals surface area contributed by atoms with Crippen molar-refractivity contribution in [2.75, 3.05) is 6.61 Å². The lowest BCUT2D eigenvalue weighted by atomic mass is 10.1. The molecule has 3 nitrogen and oxygen atoms in total. The van der Waals surface area contributed by atoms with Crippen molar-refractivity contribution in [2.45, 2.75) is 20.5 Å². The Labute approximate surface area is 119 Å². The molecule has 0 N–H and O–H groups in total. The minimum Gasteiger partial charge on any atom is -0.494 e. The van der Waals surface area contributed by atoms with Gasteiger partial charge in [-0.1, -0.05) is 30.3 Å². The van der Waals surface area contributed by atoms with Crippen LogP contribution in [0, 0.1) is 6.92 Å². The van der Waals surface area contributed by atoms with Gasteiger partial charge in [-0.3, -0.25) is 0 Å². The molecule has 0 fully saturated rings. The monoisotopic (exact) mass is 270 g/mol. The van der Waals surface area contributed by atoms with Gasteiger partial charge in [-0.2, -0.15) is 0 Å². The van der Waals surface area contributed by atoms with E-state index in [1.54, 1.807) is 12.1 Å². The maximum atomic E-state index is 12.0. The van der Waals surface area contributed by atoms with Crippen molar-refractivity contribution in [2.24, 2.45) is 0 Å². The number of hydrogen-bond acceptors (Lipinski definition) is 3. The zero-order valence-corrected chi connectivity index (χ0v) is 11.8. The molecule has 20 heavy (non-hydrogen) atoms. The standard InChI is InChI=1S/C17H18O3/c1-3-19-15-9-10-16(13(2)11-15)17(18)20-12-14-7-5-4-6-8-14/h4-11H,3,12H2,1-2H3. The third-order valence-corrected chi connectivity index (χ3v) is 2.94. The number of ether oxygens (including phenoxy) is 2. The summed E-state index contributed by atoms with van der Waals surface area (Å²) < 4.78 is 10.7. The average Bonchev–Trinajstić information content (AvgIpc) is 2.46. The van der Waals surface area contributed by atoms with Gasteiger partial charge in [0.15, 0.2) is 0 Å². The highest BCUT2D eigenvalue weighted by atomic mass is 16.5. The van der Waals surface area contributed by atoms with Crippen molar-refractivity contribution >= 4 is 5.97 Å². The first kappa shape index (κ1) is 14.1. The summed E-state index contributed by atoms with van der Waals surface area (Å²) >= 11 is 0. The predicted molar refractivity (Wildman–Crippen MR) is 77.9 cm³/mol. The summed E-state index contributed by atoms with van der Waals surface area (Å²) in [6.45, 7) is 4.70. The fraction of sp³-hybridized carbons (Fsp3) is 0.235. The second-order valence-corrected chi connectivity index (χ2v) is 4.47. The molecule has 2 rings (SSSR count). The summed E-state index contributed by atoms with van der Waals surface area (Å²) in [5.74, 6) is 0.457. The molecule has 3 heteroatoms. The highest BCUT2D eigenvalue weighted by molar-refractivity contribution is 5.91. The van der Waals surface area contributed by atoms with E-state index in [0.29, 0.717) is 12.2 Å². The lowest BCUT2D eigenvalue weighted by Gasteiger charge is -2.09. The highest BCUT2D eigenvalue weighted by Crippen LogP contribution is 2.18. The van der Waals surface area contributed by atoms with Gasteiger partial charge in [0.1, 0.15) is 12.4 Å². The van der Waals surface area contributed by atoms with Crippen molar-refractivity contribution in [1.29, 1.82) is 0 Å². The number of hydrogen-bond donors (Lipinski definition) is 0. The van der Waals surface area contributed by atoms with Crippen molar-refractivity contribution in [3.05, 3.63) is 65.2 Å². The summed E-state index contributed by atoms with van der Waals surface area (Å²) in [5, 5.41) is 0. The van der Waals surface area contributed by atoms with Crippen molar-refractivity contribution < 1.29 is 14.3 Å². The summed E-state index contributed by atoms with van der Waals surface area (Å²) in [6, 6.07) is 15.0. The first-order chi connectivity index (χ1) is 9.70. The van der Waals surface area contributed by atoms with Crippen LogP contribution in [0.5, 0.6) is 5.75 Å². The summed E-state index contributed by atoms with van der Waals surface area (Å²) in [6.07, 6.45) is 0. The minimum absolute atomic E-state index is 0.284. The quantitative estimate of drug-likeness (QED) is 0.776. The molecule has 0 saturated carbocycles. The predicted octanol–water partition coefficient (Wildman–Crippen LogP) is 3.75.